The lowest BCUT2D eigenvalue weighted by Crippen LogP contribution is -2.11. The Morgan fingerprint density at radius 1 is 0.792 bits per heavy atom. The van der Waals surface area contributed by atoms with Crippen molar-refractivity contribution in [1.29, 1.82) is 0 Å². The summed E-state index contributed by atoms with van der Waals surface area (Å²) in [7, 11) is 0. The monoisotopic (exact) mass is 326 g/mol. The van der Waals surface area contributed by atoms with Crippen molar-refractivity contribution in [2.24, 2.45) is 0 Å². The van der Waals surface area contributed by atoms with Crippen LogP contribution in [0.4, 0.5) is 0 Å². The molecule has 1 N–H and O–H groups in total. The van der Waals surface area contributed by atoms with E-state index in [1.807, 2.05) is 0 Å². The Morgan fingerprint density at radius 3 is 2.00 bits per heavy atom. The van der Waals surface area contributed by atoms with Crippen molar-refractivity contribution in [3.8, 4) is 5.75 Å². The topological polar surface area (TPSA) is 115 Å². The zero-order chi connectivity index (χ0) is 17.4. The second-order valence-corrected chi connectivity index (χ2v) is 5.09. The smallest absolute Gasteiger partial charge is 0.350 e. The van der Waals surface area contributed by atoms with Crippen LogP contribution in [-0.4, -0.2) is 5.11 Å². The number of phenolic OH excluding ortho intramolecular Hbond substituents is 1. The Morgan fingerprint density at radius 2 is 1.38 bits per heavy atom. The SMILES string of the molecule is Cc1ccc2c(O)c1c(=O)oc(=O)c1cccc(c1)c(=O)oc2=O. The maximum atomic E-state index is 12.2. The summed E-state index contributed by atoms with van der Waals surface area (Å²) in [6, 6.07) is 7.78. The number of aromatic hydroxyl groups is 1. The van der Waals surface area contributed by atoms with Gasteiger partial charge >= 0.3 is 22.5 Å². The summed E-state index contributed by atoms with van der Waals surface area (Å²) in [4.78, 5) is 48.3. The van der Waals surface area contributed by atoms with E-state index in [9.17, 15) is 24.3 Å². The van der Waals surface area contributed by atoms with E-state index in [4.69, 9.17) is 8.83 Å². The molecule has 7 nitrogen and oxygen atoms in total. The van der Waals surface area contributed by atoms with Crippen LogP contribution >= 0.6 is 0 Å². The van der Waals surface area contributed by atoms with E-state index < -0.39 is 28.3 Å². The van der Waals surface area contributed by atoms with Crippen molar-refractivity contribution in [2.75, 3.05) is 0 Å². The first-order chi connectivity index (χ1) is 11.4. The van der Waals surface area contributed by atoms with Crippen molar-refractivity contribution in [3.05, 3.63) is 83.6 Å². The van der Waals surface area contributed by atoms with Crippen molar-refractivity contribution < 1.29 is 13.9 Å². The van der Waals surface area contributed by atoms with Gasteiger partial charge in [-0.15, -0.1) is 0 Å². The minimum absolute atomic E-state index is 0.0703. The molecule has 0 amide bonds. The maximum absolute atomic E-state index is 12.2. The molecule has 0 unspecified atom stereocenters. The maximum Gasteiger partial charge on any atom is 0.350 e. The quantitative estimate of drug-likeness (QED) is 0.660. The van der Waals surface area contributed by atoms with Crippen LogP contribution in [0.1, 0.15) is 5.56 Å². The number of phenols is 1. The first-order valence-corrected chi connectivity index (χ1v) is 6.84. The molecule has 3 rings (SSSR count). The van der Waals surface area contributed by atoms with E-state index in [1.54, 1.807) is 0 Å². The third-order valence-corrected chi connectivity index (χ3v) is 3.52. The van der Waals surface area contributed by atoms with Crippen molar-refractivity contribution in [2.45, 2.75) is 6.92 Å². The lowest BCUT2D eigenvalue weighted by Gasteiger charge is -1.98. The lowest BCUT2D eigenvalue weighted by molar-refractivity contribution is 0.462. The summed E-state index contributed by atoms with van der Waals surface area (Å²) in [6.45, 7) is 1.49. The first kappa shape index (κ1) is 15.4. The zero-order valence-electron chi connectivity index (χ0n) is 12.4. The minimum atomic E-state index is -1.12. The molecule has 0 aliphatic rings. The van der Waals surface area contributed by atoms with Gasteiger partial charge in [-0.1, -0.05) is 12.1 Å². The molecule has 3 aromatic rings. The summed E-state index contributed by atoms with van der Waals surface area (Å²) in [5.41, 5.74) is -3.93. The van der Waals surface area contributed by atoms with Crippen LogP contribution in [0, 0.1) is 6.92 Å². The van der Waals surface area contributed by atoms with E-state index in [2.05, 4.69) is 0 Å². The predicted molar refractivity (Wildman–Crippen MR) is 86.3 cm³/mol. The molecule has 0 aliphatic heterocycles. The van der Waals surface area contributed by atoms with E-state index in [0.717, 1.165) is 6.07 Å². The molecule has 0 fully saturated rings. The average Bonchev–Trinajstić information content (AvgIpc) is 2.54. The van der Waals surface area contributed by atoms with E-state index in [0.29, 0.717) is 5.56 Å². The van der Waals surface area contributed by atoms with E-state index in [1.165, 1.54) is 37.3 Å². The van der Waals surface area contributed by atoms with E-state index >= 15 is 0 Å². The summed E-state index contributed by atoms with van der Waals surface area (Å²) in [5, 5.41) is 9.29. The van der Waals surface area contributed by atoms with Gasteiger partial charge in [0.25, 0.3) is 0 Å². The number of hydrogen-bond donors (Lipinski definition) is 1. The molecule has 0 atom stereocenters. The molecule has 0 aliphatic carbocycles. The van der Waals surface area contributed by atoms with Crippen LogP contribution in [0.15, 0.2) is 64.4 Å². The van der Waals surface area contributed by atoms with Gasteiger partial charge in [-0.2, -0.15) is 0 Å². The second kappa shape index (κ2) is 5.62. The number of aryl methyl sites for hydroxylation is 1. The first-order valence-electron chi connectivity index (χ1n) is 6.84. The van der Waals surface area contributed by atoms with Crippen LogP contribution in [0.3, 0.4) is 0 Å². The zero-order valence-corrected chi connectivity index (χ0v) is 12.4. The molecule has 0 spiro atoms. The number of benzene rings is 2. The highest BCUT2D eigenvalue weighted by Gasteiger charge is 2.10. The summed E-state index contributed by atoms with van der Waals surface area (Å²) in [6.07, 6.45) is 0. The standard InChI is InChI=1S/C17H10O7/c1-8-5-6-11-13(18)12(8)17(22)24-15(20)10-4-2-3-9(7-10)14(19)23-16(11)21/h2-7,18H,1H3. The summed E-state index contributed by atoms with van der Waals surface area (Å²) in [5.74, 6) is -0.713. The fraction of sp³-hybridized carbons (Fsp3) is 0.0588. The van der Waals surface area contributed by atoms with Crippen molar-refractivity contribution in [1.82, 2.24) is 0 Å². The van der Waals surface area contributed by atoms with Gasteiger partial charge in [0, 0.05) is 0 Å². The molecule has 24 heavy (non-hydrogen) atoms. The van der Waals surface area contributed by atoms with Gasteiger partial charge < -0.3 is 13.9 Å². The molecule has 0 saturated carbocycles. The number of rotatable bonds is 0. The van der Waals surface area contributed by atoms with Crippen LogP contribution < -0.4 is 22.5 Å². The van der Waals surface area contributed by atoms with Crippen LogP contribution in [-0.2, 0) is 0 Å². The Hall–Kier alpha value is -3.48. The molecule has 1 heterocycles. The predicted octanol–water partition coefficient (Wildman–Crippen LogP) is 1.20. The van der Waals surface area contributed by atoms with Gasteiger partial charge in [0.05, 0.1) is 10.8 Å². The van der Waals surface area contributed by atoms with Crippen LogP contribution in [0.5, 0.6) is 5.75 Å². The van der Waals surface area contributed by atoms with Gasteiger partial charge in [0.1, 0.15) is 16.5 Å². The van der Waals surface area contributed by atoms with Gasteiger partial charge in [0.2, 0.25) is 0 Å². The summed E-state index contributed by atoms with van der Waals surface area (Å²) < 4.78 is 9.42. The highest BCUT2D eigenvalue weighted by Crippen LogP contribution is 2.22. The summed E-state index contributed by atoms with van der Waals surface area (Å²) >= 11 is 0. The molecule has 0 saturated heterocycles. The average molecular weight is 326 g/mol. The molecule has 7 heteroatoms. The van der Waals surface area contributed by atoms with Crippen molar-refractivity contribution in [3.63, 3.8) is 0 Å². The van der Waals surface area contributed by atoms with Crippen LogP contribution in [0.2, 0.25) is 0 Å². The Balaban J connectivity index is 2.78. The second-order valence-electron chi connectivity index (χ2n) is 5.09. The molecule has 0 radical (unpaired) electrons. The van der Waals surface area contributed by atoms with Gasteiger partial charge in [-0.3, -0.25) is 0 Å². The van der Waals surface area contributed by atoms with Crippen LogP contribution in [0.25, 0.3) is 21.5 Å². The fourth-order valence-electron chi connectivity index (χ4n) is 2.28. The van der Waals surface area contributed by atoms with E-state index in [-0.39, 0.29) is 21.5 Å². The third kappa shape index (κ3) is 2.52. The van der Waals surface area contributed by atoms with Gasteiger partial charge in [-0.05, 0) is 36.8 Å². The molecular weight excluding hydrogens is 316 g/mol. The van der Waals surface area contributed by atoms with Crippen molar-refractivity contribution >= 4 is 21.5 Å². The normalized spacial score (nSPS) is 10.7. The van der Waals surface area contributed by atoms with Gasteiger partial charge in [-0.25, -0.2) is 19.2 Å². The highest BCUT2D eigenvalue weighted by atomic mass is 16.4. The van der Waals surface area contributed by atoms with Gasteiger partial charge in [0.15, 0.2) is 0 Å². The largest absolute Gasteiger partial charge is 0.506 e. The lowest BCUT2D eigenvalue weighted by atomic mass is 10.1. The number of fused-ring (bicyclic) bond motifs is 4. The molecular formula is C17H10O7. The fourth-order valence-corrected chi connectivity index (χ4v) is 2.28. The molecule has 4 bridgehead atoms. The molecule has 1 aromatic heterocycles. The number of hydrogen-bond acceptors (Lipinski definition) is 7. The highest BCUT2D eigenvalue weighted by molar-refractivity contribution is 5.81. The molecule has 2 aromatic carbocycles. The molecule has 120 valence electrons. The Bertz CT molecular complexity index is 1250. The third-order valence-electron chi connectivity index (χ3n) is 3.52. The Labute approximate surface area is 132 Å². The minimum Gasteiger partial charge on any atom is -0.506 e. The Kier molecular flexibility index (Phi) is 3.61.